The lowest BCUT2D eigenvalue weighted by Crippen LogP contribution is -3.28. The molecule has 4 nitrogen and oxygen atoms in total. The van der Waals surface area contributed by atoms with Gasteiger partial charge in [0.15, 0.2) is 0 Å². The molecule has 1 saturated heterocycles. The summed E-state index contributed by atoms with van der Waals surface area (Å²) < 4.78 is 6.25. The number of benzene rings is 3. The average Bonchev–Trinajstić information content (AvgIpc) is 2.83. The van der Waals surface area contributed by atoms with E-state index in [0.29, 0.717) is 6.61 Å². The van der Waals surface area contributed by atoms with E-state index in [2.05, 4.69) is 54.6 Å². The lowest BCUT2D eigenvalue weighted by Gasteiger charge is -2.31. The van der Waals surface area contributed by atoms with Crippen molar-refractivity contribution < 1.29 is 19.6 Å². The molecular formula is C27H34N2O2+2. The number of nitrogens with one attached hydrogen (secondary N) is 2. The highest BCUT2D eigenvalue weighted by molar-refractivity contribution is 5.29. The van der Waals surface area contributed by atoms with E-state index in [1.807, 2.05) is 36.4 Å². The monoisotopic (exact) mass is 418 g/mol. The van der Waals surface area contributed by atoms with Crippen LogP contribution in [0.1, 0.15) is 22.8 Å². The van der Waals surface area contributed by atoms with Gasteiger partial charge < -0.3 is 19.6 Å². The topological polar surface area (TPSA) is 38.3 Å². The van der Waals surface area contributed by atoms with E-state index >= 15 is 0 Å². The molecule has 1 heterocycles. The Hall–Kier alpha value is -2.50. The molecule has 0 unspecified atom stereocenters. The van der Waals surface area contributed by atoms with Crippen LogP contribution in [0, 0.1) is 0 Å². The Labute approximate surface area is 185 Å². The van der Waals surface area contributed by atoms with Gasteiger partial charge in [-0.2, -0.15) is 0 Å². The van der Waals surface area contributed by atoms with Crippen LogP contribution >= 0.6 is 0 Å². The summed E-state index contributed by atoms with van der Waals surface area (Å²) in [5, 5.41) is 10.7. The maximum Gasteiger partial charge on any atom is 0.127 e. The third-order valence-corrected chi connectivity index (χ3v) is 6.15. The molecule has 4 rings (SSSR count). The van der Waals surface area contributed by atoms with Crippen LogP contribution in [0.5, 0.6) is 0 Å². The standard InChI is InChI=1S/C27H32N2O2/c30-26(21-29-18-16-28(17-19-29)20-23-10-4-1-5-11-23)22-31-27(24-12-6-2-7-13-24)25-14-8-3-9-15-25/h1-15,26-27,30H,16-22H2/p+2/t26-/m1/s1. The van der Waals surface area contributed by atoms with Crippen molar-refractivity contribution in [2.75, 3.05) is 39.3 Å². The zero-order valence-electron chi connectivity index (χ0n) is 18.1. The summed E-state index contributed by atoms with van der Waals surface area (Å²) in [6.07, 6.45) is -0.611. The molecule has 3 N–H and O–H groups in total. The van der Waals surface area contributed by atoms with E-state index in [9.17, 15) is 5.11 Å². The van der Waals surface area contributed by atoms with Gasteiger partial charge in [0.1, 0.15) is 51.5 Å². The van der Waals surface area contributed by atoms with Gasteiger partial charge in [-0.15, -0.1) is 0 Å². The quantitative estimate of drug-likeness (QED) is 0.488. The molecule has 0 aliphatic carbocycles. The van der Waals surface area contributed by atoms with E-state index in [0.717, 1.165) is 50.4 Å². The van der Waals surface area contributed by atoms with Gasteiger partial charge in [0.25, 0.3) is 0 Å². The first-order valence-corrected chi connectivity index (χ1v) is 11.4. The van der Waals surface area contributed by atoms with E-state index in [1.165, 1.54) is 10.5 Å². The second-order valence-electron chi connectivity index (χ2n) is 8.56. The Bertz CT molecular complexity index is 841. The third-order valence-electron chi connectivity index (χ3n) is 6.15. The highest BCUT2D eigenvalue weighted by atomic mass is 16.5. The normalized spacial score (nSPS) is 19.9. The molecule has 1 aliphatic rings. The highest BCUT2D eigenvalue weighted by Crippen LogP contribution is 2.25. The molecule has 3 aromatic carbocycles. The van der Waals surface area contributed by atoms with Gasteiger partial charge in [-0.1, -0.05) is 91.0 Å². The SMILES string of the molecule is O[C@@H](COC(c1ccccc1)c1ccccc1)C[NH+]1CC[NH+](Cc2ccccc2)CC1. The molecular weight excluding hydrogens is 384 g/mol. The second-order valence-corrected chi connectivity index (χ2v) is 8.56. The molecule has 3 aromatic rings. The molecule has 0 saturated carbocycles. The summed E-state index contributed by atoms with van der Waals surface area (Å²) in [7, 11) is 0. The molecule has 0 spiro atoms. The van der Waals surface area contributed by atoms with Crippen molar-refractivity contribution in [3.05, 3.63) is 108 Å². The van der Waals surface area contributed by atoms with Crippen LogP contribution in [0.4, 0.5) is 0 Å². The van der Waals surface area contributed by atoms with Gasteiger partial charge in [-0.25, -0.2) is 0 Å². The van der Waals surface area contributed by atoms with Gasteiger partial charge >= 0.3 is 0 Å². The number of hydrogen-bond acceptors (Lipinski definition) is 2. The summed E-state index contributed by atoms with van der Waals surface area (Å²) in [4.78, 5) is 3.11. The highest BCUT2D eigenvalue weighted by Gasteiger charge is 2.26. The van der Waals surface area contributed by atoms with Gasteiger partial charge in [-0.05, 0) is 11.1 Å². The Morgan fingerprint density at radius 3 is 1.71 bits per heavy atom. The average molecular weight is 419 g/mol. The Morgan fingerprint density at radius 1 is 0.677 bits per heavy atom. The number of ether oxygens (including phenoxy) is 1. The molecule has 0 aromatic heterocycles. The predicted molar refractivity (Wildman–Crippen MR) is 123 cm³/mol. The minimum atomic E-state index is -0.458. The first-order valence-electron chi connectivity index (χ1n) is 11.4. The van der Waals surface area contributed by atoms with Crippen molar-refractivity contribution in [3.63, 3.8) is 0 Å². The van der Waals surface area contributed by atoms with Crippen LogP contribution in [-0.4, -0.2) is 50.5 Å². The van der Waals surface area contributed by atoms with Crippen LogP contribution in [-0.2, 0) is 11.3 Å². The predicted octanol–water partition coefficient (Wildman–Crippen LogP) is 1.14. The maximum absolute atomic E-state index is 10.7. The van der Waals surface area contributed by atoms with E-state index < -0.39 is 6.10 Å². The Kier molecular flexibility index (Phi) is 7.86. The summed E-state index contributed by atoms with van der Waals surface area (Å²) in [6.45, 7) is 6.67. The summed E-state index contributed by atoms with van der Waals surface area (Å²) >= 11 is 0. The van der Waals surface area contributed by atoms with Gasteiger partial charge in [0.2, 0.25) is 0 Å². The van der Waals surface area contributed by atoms with Crippen LogP contribution in [0.15, 0.2) is 91.0 Å². The van der Waals surface area contributed by atoms with Gasteiger partial charge in [-0.3, -0.25) is 0 Å². The molecule has 0 radical (unpaired) electrons. The fourth-order valence-corrected chi connectivity index (χ4v) is 4.46. The van der Waals surface area contributed by atoms with Crippen molar-refractivity contribution in [3.8, 4) is 0 Å². The fraction of sp³-hybridized carbons (Fsp3) is 0.333. The zero-order chi connectivity index (χ0) is 21.3. The molecule has 4 heteroatoms. The lowest BCUT2D eigenvalue weighted by molar-refractivity contribution is -1.02. The Balaban J connectivity index is 1.26. The minimum absolute atomic E-state index is 0.154. The number of quaternary nitrogens is 2. The van der Waals surface area contributed by atoms with Crippen molar-refractivity contribution in [2.24, 2.45) is 0 Å². The number of aliphatic hydroxyl groups is 1. The van der Waals surface area contributed by atoms with Gasteiger partial charge in [0.05, 0.1) is 6.61 Å². The van der Waals surface area contributed by atoms with Crippen LogP contribution < -0.4 is 9.80 Å². The summed E-state index contributed by atoms with van der Waals surface area (Å²) in [5.74, 6) is 0. The molecule has 0 amide bonds. The van der Waals surface area contributed by atoms with Gasteiger partial charge in [0, 0.05) is 5.56 Å². The lowest BCUT2D eigenvalue weighted by atomic mass is 10.0. The first kappa shape index (κ1) is 21.7. The number of piperazine rings is 1. The Morgan fingerprint density at radius 2 is 1.16 bits per heavy atom. The zero-order valence-corrected chi connectivity index (χ0v) is 18.1. The number of rotatable bonds is 9. The molecule has 162 valence electrons. The molecule has 31 heavy (non-hydrogen) atoms. The first-order chi connectivity index (χ1) is 15.3. The van der Waals surface area contributed by atoms with Crippen molar-refractivity contribution in [1.29, 1.82) is 0 Å². The van der Waals surface area contributed by atoms with E-state index in [-0.39, 0.29) is 6.10 Å². The molecule has 1 aliphatic heterocycles. The fourth-order valence-electron chi connectivity index (χ4n) is 4.46. The number of hydrogen-bond donors (Lipinski definition) is 3. The largest absolute Gasteiger partial charge is 0.385 e. The molecule has 1 atom stereocenters. The van der Waals surface area contributed by atoms with Crippen LogP contribution in [0.3, 0.4) is 0 Å². The molecule has 1 fully saturated rings. The van der Waals surface area contributed by atoms with E-state index in [1.54, 1.807) is 4.90 Å². The minimum Gasteiger partial charge on any atom is -0.385 e. The van der Waals surface area contributed by atoms with Crippen LogP contribution in [0.25, 0.3) is 0 Å². The molecule has 0 bridgehead atoms. The summed E-state index contributed by atoms with van der Waals surface area (Å²) in [6, 6.07) is 31.2. The van der Waals surface area contributed by atoms with E-state index in [4.69, 9.17) is 4.74 Å². The van der Waals surface area contributed by atoms with Crippen molar-refractivity contribution in [2.45, 2.75) is 18.8 Å². The number of aliphatic hydroxyl groups excluding tert-OH is 1. The smallest absolute Gasteiger partial charge is 0.127 e. The maximum atomic E-state index is 10.7. The second kappa shape index (κ2) is 11.2. The summed E-state index contributed by atoms with van der Waals surface area (Å²) in [5.41, 5.74) is 3.64. The van der Waals surface area contributed by atoms with Crippen molar-refractivity contribution in [1.82, 2.24) is 0 Å². The third kappa shape index (κ3) is 6.49. The van der Waals surface area contributed by atoms with Crippen molar-refractivity contribution >= 4 is 0 Å². The van der Waals surface area contributed by atoms with Crippen LogP contribution in [0.2, 0.25) is 0 Å².